The van der Waals surface area contributed by atoms with Crippen LogP contribution in [0.25, 0.3) is 0 Å². The molecule has 0 aromatic heterocycles. The highest BCUT2D eigenvalue weighted by Crippen LogP contribution is 2.23. The largest absolute Gasteiger partial charge is 0.497 e. The number of hydrogen-bond acceptors (Lipinski definition) is 4. The molecule has 0 bridgehead atoms. The zero-order chi connectivity index (χ0) is 22.3. The lowest BCUT2D eigenvalue weighted by atomic mass is 9.98. The Morgan fingerprint density at radius 3 is 1.84 bits per heavy atom. The summed E-state index contributed by atoms with van der Waals surface area (Å²) >= 11 is 0. The molecule has 5 heteroatoms. The number of hydrogen-bond donors (Lipinski definition) is 1. The Labute approximate surface area is 190 Å². The lowest BCUT2D eigenvalue weighted by molar-refractivity contribution is -0.126. The van der Waals surface area contributed by atoms with Crippen LogP contribution in [0.2, 0.25) is 0 Å². The second-order valence-corrected chi connectivity index (χ2v) is 8.16. The maximum absolute atomic E-state index is 13.2. The van der Waals surface area contributed by atoms with Gasteiger partial charge in [-0.05, 0) is 42.3 Å². The molecular weight excluding hydrogens is 398 g/mol. The van der Waals surface area contributed by atoms with E-state index in [4.69, 9.17) is 4.74 Å². The van der Waals surface area contributed by atoms with Crippen molar-refractivity contribution in [2.75, 3.05) is 38.2 Å². The van der Waals surface area contributed by atoms with Crippen molar-refractivity contribution in [3.05, 3.63) is 96.1 Å². The third-order valence-electron chi connectivity index (χ3n) is 6.23. The Bertz CT molecular complexity index is 945. The van der Waals surface area contributed by atoms with Crippen LogP contribution >= 0.6 is 0 Å². The van der Waals surface area contributed by atoms with Crippen LogP contribution in [0.3, 0.4) is 0 Å². The van der Waals surface area contributed by atoms with E-state index in [2.05, 4.69) is 51.5 Å². The van der Waals surface area contributed by atoms with Gasteiger partial charge in [0.05, 0.1) is 19.2 Å². The molecule has 5 nitrogen and oxygen atoms in total. The van der Waals surface area contributed by atoms with Crippen molar-refractivity contribution in [1.82, 2.24) is 10.2 Å². The third kappa shape index (κ3) is 5.11. The number of nitrogens with zero attached hydrogens (tertiary/aromatic N) is 2. The number of benzene rings is 3. The summed E-state index contributed by atoms with van der Waals surface area (Å²) in [4.78, 5) is 17.9. The zero-order valence-electron chi connectivity index (χ0n) is 18.8. The highest BCUT2D eigenvalue weighted by molar-refractivity contribution is 5.82. The van der Waals surface area contributed by atoms with Crippen molar-refractivity contribution in [3.8, 4) is 5.75 Å². The van der Waals surface area contributed by atoms with Crippen LogP contribution in [0.15, 0.2) is 84.9 Å². The second kappa shape index (κ2) is 10.3. The molecule has 0 aliphatic carbocycles. The van der Waals surface area contributed by atoms with E-state index in [0.29, 0.717) is 0 Å². The van der Waals surface area contributed by atoms with E-state index in [-0.39, 0.29) is 18.0 Å². The van der Waals surface area contributed by atoms with Gasteiger partial charge in [0.25, 0.3) is 0 Å². The molecule has 1 saturated heterocycles. The van der Waals surface area contributed by atoms with Gasteiger partial charge in [-0.3, -0.25) is 9.69 Å². The average molecular weight is 430 g/mol. The molecule has 1 heterocycles. The van der Waals surface area contributed by atoms with E-state index in [1.54, 1.807) is 7.11 Å². The summed E-state index contributed by atoms with van der Waals surface area (Å²) in [5.74, 6) is 0.921. The van der Waals surface area contributed by atoms with Gasteiger partial charge in [-0.1, -0.05) is 60.7 Å². The molecule has 1 amide bonds. The SMILES string of the molecule is COc1ccc(N2CCN(C(C)C(=O)NC(c3ccccc3)c3ccccc3)CC2)cc1. The predicted molar refractivity (Wildman–Crippen MR) is 129 cm³/mol. The minimum Gasteiger partial charge on any atom is -0.497 e. The summed E-state index contributed by atoms with van der Waals surface area (Å²) in [6.07, 6.45) is 0. The standard InChI is InChI=1S/C27H31N3O2/c1-21(29-17-19-30(20-18-29)24-13-15-25(32-2)16-14-24)27(31)28-26(22-9-5-3-6-10-22)23-11-7-4-8-12-23/h3-16,21,26H,17-20H2,1-2H3,(H,28,31). The Hall–Kier alpha value is -3.31. The number of rotatable bonds is 7. The van der Waals surface area contributed by atoms with Crippen LogP contribution in [-0.2, 0) is 4.79 Å². The molecule has 0 saturated carbocycles. The maximum Gasteiger partial charge on any atom is 0.237 e. The highest BCUT2D eigenvalue weighted by Gasteiger charge is 2.27. The van der Waals surface area contributed by atoms with E-state index in [9.17, 15) is 4.79 Å². The van der Waals surface area contributed by atoms with E-state index >= 15 is 0 Å². The molecule has 1 N–H and O–H groups in total. The van der Waals surface area contributed by atoms with Crippen molar-refractivity contribution >= 4 is 11.6 Å². The van der Waals surface area contributed by atoms with Crippen molar-refractivity contribution in [1.29, 1.82) is 0 Å². The summed E-state index contributed by atoms with van der Waals surface area (Å²) in [6, 6.07) is 28.1. The van der Waals surface area contributed by atoms with Gasteiger partial charge in [-0.25, -0.2) is 0 Å². The number of amides is 1. The topological polar surface area (TPSA) is 44.8 Å². The first kappa shape index (κ1) is 21.9. The molecule has 1 aliphatic heterocycles. The Morgan fingerprint density at radius 1 is 0.812 bits per heavy atom. The number of carbonyl (C=O) groups is 1. The number of methoxy groups -OCH3 is 1. The molecule has 1 atom stereocenters. The van der Waals surface area contributed by atoms with Crippen LogP contribution in [0.4, 0.5) is 5.69 Å². The maximum atomic E-state index is 13.2. The number of carbonyl (C=O) groups excluding carboxylic acids is 1. The molecular formula is C27H31N3O2. The second-order valence-electron chi connectivity index (χ2n) is 8.16. The quantitative estimate of drug-likeness (QED) is 0.614. The number of nitrogens with one attached hydrogen (secondary N) is 1. The molecule has 166 valence electrons. The minimum absolute atomic E-state index is 0.0561. The van der Waals surface area contributed by atoms with Gasteiger partial charge in [-0.2, -0.15) is 0 Å². The first-order chi connectivity index (χ1) is 15.7. The fraction of sp³-hybridized carbons (Fsp3) is 0.296. The van der Waals surface area contributed by atoms with Crippen LogP contribution in [0, 0.1) is 0 Å². The first-order valence-corrected chi connectivity index (χ1v) is 11.2. The van der Waals surface area contributed by atoms with Crippen LogP contribution in [0.5, 0.6) is 5.75 Å². The summed E-state index contributed by atoms with van der Waals surface area (Å²) < 4.78 is 5.26. The number of anilines is 1. The smallest absolute Gasteiger partial charge is 0.237 e. The summed E-state index contributed by atoms with van der Waals surface area (Å²) in [7, 11) is 1.68. The molecule has 0 radical (unpaired) electrons. The number of ether oxygens (including phenoxy) is 1. The van der Waals surface area contributed by atoms with Crippen molar-refractivity contribution in [2.24, 2.45) is 0 Å². The van der Waals surface area contributed by atoms with Crippen LogP contribution < -0.4 is 15.0 Å². The molecule has 4 rings (SSSR count). The van der Waals surface area contributed by atoms with Gasteiger partial charge in [0, 0.05) is 31.9 Å². The van der Waals surface area contributed by atoms with E-state index in [1.807, 2.05) is 55.5 Å². The van der Waals surface area contributed by atoms with Crippen molar-refractivity contribution in [2.45, 2.75) is 19.0 Å². The number of piperazine rings is 1. The minimum atomic E-state index is -0.192. The van der Waals surface area contributed by atoms with Gasteiger partial charge in [-0.15, -0.1) is 0 Å². The zero-order valence-corrected chi connectivity index (χ0v) is 18.8. The van der Waals surface area contributed by atoms with E-state index < -0.39 is 0 Å². The van der Waals surface area contributed by atoms with Crippen LogP contribution in [0.1, 0.15) is 24.1 Å². The van der Waals surface area contributed by atoms with E-state index in [1.165, 1.54) is 5.69 Å². The molecule has 1 fully saturated rings. The Morgan fingerprint density at radius 2 is 1.34 bits per heavy atom. The molecule has 1 unspecified atom stereocenters. The monoisotopic (exact) mass is 429 g/mol. The van der Waals surface area contributed by atoms with Gasteiger partial charge in [0.15, 0.2) is 0 Å². The van der Waals surface area contributed by atoms with Gasteiger partial charge < -0.3 is 15.0 Å². The first-order valence-electron chi connectivity index (χ1n) is 11.2. The Kier molecular flexibility index (Phi) is 7.07. The van der Waals surface area contributed by atoms with Crippen LogP contribution in [-0.4, -0.2) is 50.1 Å². The third-order valence-corrected chi connectivity index (χ3v) is 6.23. The molecule has 3 aromatic rings. The molecule has 0 spiro atoms. The van der Waals surface area contributed by atoms with Crippen molar-refractivity contribution in [3.63, 3.8) is 0 Å². The fourth-order valence-electron chi connectivity index (χ4n) is 4.24. The summed E-state index contributed by atoms with van der Waals surface area (Å²) in [5.41, 5.74) is 3.36. The van der Waals surface area contributed by atoms with Gasteiger partial charge in [0.2, 0.25) is 5.91 Å². The average Bonchev–Trinajstić information content (AvgIpc) is 2.88. The van der Waals surface area contributed by atoms with Crippen molar-refractivity contribution < 1.29 is 9.53 Å². The lowest BCUT2D eigenvalue weighted by Gasteiger charge is -2.39. The van der Waals surface area contributed by atoms with Gasteiger partial charge in [0.1, 0.15) is 5.75 Å². The van der Waals surface area contributed by atoms with Gasteiger partial charge >= 0.3 is 0 Å². The predicted octanol–water partition coefficient (Wildman–Crippen LogP) is 4.11. The fourth-order valence-corrected chi connectivity index (χ4v) is 4.24. The lowest BCUT2D eigenvalue weighted by Crippen LogP contribution is -2.54. The molecule has 32 heavy (non-hydrogen) atoms. The highest BCUT2D eigenvalue weighted by atomic mass is 16.5. The van der Waals surface area contributed by atoms with E-state index in [0.717, 1.165) is 43.1 Å². The summed E-state index contributed by atoms with van der Waals surface area (Å²) in [6.45, 7) is 5.49. The molecule has 3 aromatic carbocycles. The normalized spacial score (nSPS) is 15.4. The molecule has 1 aliphatic rings. The summed E-state index contributed by atoms with van der Waals surface area (Å²) in [5, 5.41) is 3.29. The Balaban J connectivity index is 1.39.